The van der Waals surface area contributed by atoms with Crippen LogP contribution in [0.5, 0.6) is 0 Å². The molecule has 1 N–H and O–H groups in total. The molecule has 1 saturated carbocycles. The van der Waals surface area contributed by atoms with Crippen molar-refractivity contribution in [3.8, 4) is 0 Å². The largest absolute Gasteiger partial charge is 0.469 e. The van der Waals surface area contributed by atoms with Gasteiger partial charge in [0.1, 0.15) is 0 Å². The fourth-order valence-electron chi connectivity index (χ4n) is 4.61. The molecule has 2 aliphatic rings. The Labute approximate surface area is 162 Å². The van der Waals surface area contributed by atoms with Crippen LogP contribution in [0.2, 0.25) is 0 Å². The zero-order valence-corrected chi connectivity index (χ0v) is 16.9. The van der Waals surface area contributed by atoms with Gasteiger partial charge < -0.3 is 19.3 Å². The first-order valence-electron chi connectivity index (χ1n) is 9.99. The number of carbonyl (C=O) groups is 1. The van der Waals surface area contributed by atoms with Gasteiger partial charge >= 0.3 is 5.97 Å². The fourth-order valence-corrected chi connectivity index (χ4v) is 4.61. The lowest BCUT2D eigenvalue weighted by molar-refractivity contribution is -0.197. The fraction of sp³-hybridized carbons (Fsp3) is 0.682. The van der Waals surface area contributed by atoms with Crippen molar-refractivity contribution in [2.45, 2.75) is 64.3 Å². The maximum Gasteiger partial charge on any atom is 0.305 e. The number of aliphatic hydroxyl groups is 1. The Morgan fingerprint density at radius 2 is 1.89 bits per heavy atom. The van der Waals surface area contributed by atoms with Gasteiger partial charge in [-0.05, 0) is 49.7 Å². The molecule has 0 bridgehead atoms. The van der Waals surface area contributed by atoms with E-state index in [1.807, 2.05) is 19.1 Å². The normalized spacial score (nSPS) is 27.7. The van der Waals surface area contributed by atoms with Crippen LogP contribution >= 0.6 is 0 Å². The molecule has 1 aromatic carbocycles. The number of methoxy groups -OCH3 is 1. The summed E-state index contributed by atoms with van der Waals surface area (Å²) in [5, 5.41) is 11.3. The molecule has 150 valence electrons. The second-order valence-electron chi connectivity index (χ2n) is 8.30. The number of ether oxygens (including phenoxy) is 3. The third-order valence-electron chi connectivity index (χ3n) is 6.22. The Morgan fingerprint density at radius 3 is 2.41 bits per heavy atom. The predicted octanol–water partition coefficient (Wildman–Crippen LogP) is 3.79. The minimum atomic E-state index is -0.836. The Balaban J connectivity index is 1.77. The van der Waals surface area contributed by atoms with Crippen LogP contribution in [0.1, 0.15) is 62.6 Å². The molecule has 5 heteroatoms. The van der Waals surface area contributed by atoms with Crippen molar-refractivity contribution in [2.24, 2.45) is 11.8 Å². The highest BCUT2D eigenvalue weighted by atomic mass is 16.7. The molecule has 27 heavy (non-hydrogen) atoms. The molecule has 1 aromatic rings. The Kier molecular flexibility index (Phi) is 5.94. The third kappa shape index (κ3) is 3.91. The third-order valence-corrected chi connectivity index (χ3v) is 6.22. The van der Waals surface area contributed by atoms with E-state index in [0.29, 0.717) is 38.4 Å². The average molecular weight is 376 g/mol. The van der Waals surface area contributed by atoms with E-state index in [0.717, 1.165) is 29.5 Å². The first kappa shape index (κ1) is 20.3. The molecular formula is C22H32O5. The van der Waals surface area contributed by atoms with Gasteiger partial charge in [-0.25, -0.2) is 0 Å². The van der Waals surface area contributed by atoms with Crippen molar-refractivity contribution in [1.29, 1.82) is 0 Å². The Bertz CT molecular complexity index is 667. The second kappa shape index (κ2) is 7.90. The summed E-state index contributed by atoms with van der Waals surface area (Å²) in [4.78, 5) is 11.5. The van der Waals surface area contributed by atoms with E-state index in [1.165, 1.54) is 7.11 Å². The van der Waals surface area contributed by atoms with Crippen molar-refractivity contribution >= 4 is 5.97 Å². The molecule has 0 aromatic heterocycles. The second-order valence-corrected chi connectivity index (χ2v) is 8.30. The average Bonchev–Trinajstić information content (AvgIpc) is 3.15. The van der Waals surface area contributed by atoms with E-state index in [2.05, 4.69) is 19.9 Å². The first-order chi connectivity index (χ1) is 12.8. The summed E-state index contributed by atoms with van der Waals surface area (Å²) >= 11 is 0. The molecule has 0 unspecified atom stereocenters. The van der Waals surface area contributed by atoms with Crippen LogP contribution in [0.4, 0.5) is 0 Å². The van der Waals surface area contributed by atoms with Gasteiger partial charge in [0.15, 0.2) is 5.79 Å². The van der Waals surface area contributed by atoms with Crippen LogP contribution in [0, 0.1) is 18.8 Å². The van der Waals surface area contributed by atoms with E-state index in [9.17, 15) is 9.90 Å². The zero-order chi connectivity index (χ0) is 19.7. The zero-order valence-electron chi connectivity index (χ0n) is 16.9. The van der Waals surface area contributed by atoms with E-state index in [4.69, 9.17) is 14.2 Å². The van der Waals surface area contributed by atoms with Crippen LogP contribution in [-0.4, -0.2) is 31.4 Å². The number of hydrogen-bond donors (Lipinski definition) is 1. The number of benzene rings is 1. The molecule has 0 amide bonds. The van der Waals surface area contributed by atoms with E-state index < -0.39 is 11.4 Å². The van der Waals surface area contributed by atoms with Gasteiger partial charge in [-0.3, -0.25) is 4.79 Å². The standard InChI is InChI=1S/C22H32O5/c1-15(2)22(26-11-12-27-22)18-5-6-19(16(3)13-18)21(24)9-7-17(8-10-21)14-20(23)25-4/h5-6,13,15,17,24H,7-12,14H2,1-4H3. The van der Waals surface area contributed by atoms with Crippen LogP contribution in [-0.2, 0) is 30.4 Å². The molecule has 1 aliphatic heterocycles. The topological polar surface area (TPSA) is 65.0 Å². The minimum absolute atomic E-state index is 0.165. The van der Waals surface area contributed by atoms with Crippen molar-refractivity contribution in [2.75, 3.05) is 20.3 Å². The van der Waals surface area contributed by atoms with Crippen molar-refractivity contribution in [1.82, 2.24) is 0 Å². The van der Waals surface area contributed by atoms with Gasteiger partial charge in [-0.15, -0.1) is 0 Å². The lowest BCUT2D eigenvalue weighted by Crippen LogP contribution is -2.35. The number of carbonyl (C=O) groups excluding carboxylic acids is 1. The molecule has 0 radical (unpaired) electrons. The van der Waals surface area contributed by atoms with E-state index >= 15 is 0 Å². The lowest BCUT2D eigenvalue weighted by Gasteiger charge is -2.38. The first-order valence-corrected chi connectivity index (χ1v) is 9.99. The van der Waals surface area contributed by atoms with Gasteiger partial charge in [-0.2, -0.15) is 0 Å². The van der Waals surface area contributed by atoms with Gasteiger partial charge in [-0.1, -0.05) is 32.0 Å². The highest BCUT2D eigenvalue weighted by Crippen LogP contribution is 2.44. The highest BCUT2D eigenvalue weighted by molar-refractivity contribution is 5.69. The Morgan fingerprint density at radius 1 is 1.26 bits per heavy atom. The van der Waals surface area contributed by atoms with Gasteiger partial charge in [0, 0.05) is 17.9 Å². The van der Waals surface area contributed by atoms with Gasteiger partial charge in [0.2, 0.25) is 0 Å². The summed E-state index contributed by atoms with van der Waals surface area (Å²) < 4.78 is 16.7. The summed E-state index contributed by atoms with van der Waals surface area (Å²) in [6.07, 6.45) is 3.42. The Hall–Kier alpha value is -1.43. The monoisotopic (exact) mass is 376 g/mol. The van der Waals surface area contributed by atoms with Gasteiger partial charge in [0.05, 0.1) is 25.9 Å². The highest BCUT2D eigenvalue weighted by Gasteiger charge is 2.43. The van der Waals surface area contributed by atoms with Crippen LogP contribution in [0.25, 0.3) is 0 Å². The maximum absolute atomic E-state index is 11.5. The number of hydrogen-bond acceptors (Lipinski definition) is 5. The maximum atomic E-state index is 11.5. The van der Waals surface area contributed by atoms with Crippen molar-refractivity contribution in [3.05, 3.63) is 34.9 Å². The molecule has 1 saturated heterocycles. The summed E-state index contributed by atoms with van der Waals surface area (Å²) in [6.45, 7) is 7.45. The molecule has 1 heterocycles. The summed E-state index contributed by atoms with van der Waals surface area (Å²) in [5.41, 5.74) is 2.21. The summed E-state index contributed by atoms with van der Waals surface area (Å²) in [6, 6.07) is 6.16. The molecule has 0 spiro atoms. The van der Waals surface area contributed by atoms with Crippen molar-refractivity contribution < 1.29 is 24.1 Å². The smallest absolute Gasteiger partial charge is 0.305 e. The minimum Gasteiger partial charge on any atom is -0.469 e. The van der Waals surface area contributed by atoms with E-state index in [-0.39, 0.29) is 11.9 Å². The molecule has 0 atom stereocenters. The molecule has 1 aliphatic carbocycles. The van der Waals surface area contributed by atoms with E-state index in [1.54, 1.807) is 0 Å². The molecule has 2 fully saturated rings. The summed E-state index contributed by atoms with van der Waals surface area (Å²) in [5.74, 6) is -0.366. The predicted molar refractivity (Wildman–Crippen MR) is 102 cm³/mol. The molecule has 3 rings (SSSR count). The van der Waals surface area contributed by atoms with Crippen LogP contribution in [0.15, 0.2) is 18.2 Å². The molecular weight excluding hydrogens is 344 g/mol. The van der Waals surface area contributed by atoms with Crippen LogP contribution < -0.4 is 0 Å². The quantitative estimate of drug-likeness (QED) is 0.792. The molecule has 5 nitrogen and oxygen atoms in total. The number of aryl methyl sites for hydroxylation is 1. The summed E-state index contributed by atoms with van der Waals surface area (Å²) in [7, 11) is 1.42. The van der Waals surface area contributed by atoms with Gasteiger partial charge in [0.25, 0.3) is 0 Å². The lowest BCUT2D eigenvalue weighted by atomic mass is 9.73. The SMILES string of the molecule is COC(=O)CC1CCC(O)(c2ccc(C3(C(C)C)OCCO3)cc2C)CC1. The number of rotatable bonds is 5. The van der Waals surface area contributed by atoms with Crippen molar-refractivity contribution in [3.63, 3.8) is 0 Å². The number of esters is 1. The van der Waals surface area contributed by atoms with Crippen LogP contribution in [0.3, 0.4) is 0 Å².